The van der Waals surface area contributed by atoms with Crippen molar-refractivity contribution in [1.29, 1.82) is 0 Å². The molecule has 0 aromatic heterocycles. The second-order valence-corrected chi connectivity index (χ2v) is 5.20. The van der Waals surface area contributed by atoms with Gasteiger partial charge in [0, 0.05) is 0 Å². The summed E-state index contributed by atoms with van der Waals surface area (Å²) < 4.78 is 10.8. The third kappa shape index (κ3) is 2.92. The van der Waals surface area contributed by atoms with Gasteiger partial charge in [-0.2, -0.15) is 0 Å². The Morgan fingerprint density at radius 3 is 2.48 bits per heavy atom. The summed E-state index contributed by atoms with van der Waals surface area (Å²) in [4.78, 5) is 0. The second-order valence-electron chi connectivity index (χ2n) is 5.20. The maximum atomic E-state index is 9.80. The minimum atomic E-state index is -1.15. The molecule has 112 valence electrons. The molecule has 0 saturated carbocycles. The Bertz CT molecular complexity index is 614. The summed E-state index contributed by atoms with van der Waals surface area (Å²) in [6.45, 7) is -0.0918. The van der Waals surface area contributed by atoms with Crippen molar-refractivity contribution in [2.75, 3.05) is 6.61 Å². The van der Waals surface area contributed by atoms with Gasteiger partial charge in [0.15, 0.2) is 6.29 Å². The fourth-order valence-electron chi connectivity index (χ4n) is 2.51. The van der Waals surface area contributed by atoms with E-state index in [9.17, 15) is 10.2 Å². The zero-order valence-electron chi connectivity index (χ0n) is 11.4. The predicted molar refractivity (Wildman–Crippen MR) is 76.5 cm³/mol. The highest BCUT2D eigenvalue weighted by molar-refractivity contribution is 5.82. The molecule has 1 fully saturated rings. The fraction of sp³-hybridized carbons (Fsp3) is 0.375. The largest absolute Gasteiger partial charge is 0.394 e. The first kappa shape index (κ1) is 14.4. The van der Waals surface area contributed by atoms with Gasteiger partial charge in [0.2, 0.25) is 0 Å². The van der Waals surface area contributed by atoms with Crippen LogP contribution >= 0.6 is 0 Å². The van der Waals surface area contributed by atoms with E-state index in [0.29, 0.717) is 0 Å². The molecule has 0 bridgehead atoms. The monoisotopic (exact) mass is 290 g/mol. The molecule has 2 aromatic carbocycles. The number of aliphatic hydroxyl groups excluding tert-OH is 3. The lowest BCUT2D eigenvalue weighted by Gasteiger charge is -2.15. The average Bonchev–Trinajstić information content (AvgIpc) is 2.80. The van der Waals surface area contributed by atoms with E-state index < -0.39 is 24.6 Å². The number of rotatable bonds is 4. The van der Waals surface area contributed by atoms with Crippen molar-refractivity contribution < 1.29 is 24.8 Å². The van der Waals surface area contributed by atoms with Gasteiger partial charge in [-0.1, -0.05) is 36.4 Å². The Kier molecular flexibility index (Phi) is 4.19. The van der Waals surface area contributed by atoms with Crippen LogP contribution in [0.2, 0.25) is 0 Å². The molecule has 0 amide bonds. The van der Waals surface area contributed by atoms with Crippen molar-refractivity contribution in [1.82, 2.24) is 0 Å². The van der Waals surface area contributed by atoms with Crippen LogP contribution in [0.4, 0.5) is 0 Å². The number of benzene rings is 2. The van der Waals surface area contributed by atoms with Crippen LogP contribution in [0.15, 0.2) is 42.5 Å². The summed E-state index contributed by atoms with van der Waals surface area (Å²) in [5.74, 6) is 0. The summed E-state index contributed by atoms with van der Waals surface area (Å²) in [5.41, 5.74) is 0.950. The van der Waals surface area contributed by atoms with Crippen LogP contribution < -0.4 is 0 Å². The van der Waals surface area contributed by atoms with E-state index in [4.69, 9.17) is 14.6 Å². The van der Waals surface area contributed by atoms with Gasteiger partial charge in [0.25, 0.3) is 0 Å². The van der Waals surface area contributed by atoms with E-state index in [1.165, 1.54) is 0 Å². The topological polar surface area (TPSA) is 79.2 Å². The van der Waals surface area contributed by atoms with E-state index in [1.54, 1.807) is 0 Å². The van der Waals surface area contributed by atoms with Gasteiger partial charge in [0.1, 0.15) is 18.3 Å². The molecule has 0 spiro atoms. The van der Waals surface area contributed by atoms with Crippen molar-refractivity contribution in [2.24, 2.45) is 0 Å². The molecule has 5 heteroatoms. The molecule has 0 radical (unpaired) electrons. The number of fused-ring (bicyclic) bond motifs is 1. The molecule has 3 rings (SSSR count). The maximum absolute atomic E-state index is 9.80. The van der Waals surface area contributed by atoms with Gasteiger partial charge >= 0.3 is 0 Å². The van der Waals surface area contributed by atoms with Crippen molar-refractivity contribution in [3.05, 3.63) is 48.0 Å². The van der Waals surface area contributed by atoms with Crippen molar-refractivity contribution >= 4 is 10.8 Å². The Morgan fingerprint density at radius 1 is 1.00 bits per heavy atom. The van der Waals surface area contributed by atoms with E-state index in [0.717, 1.165) is 16.3 Å². The smallest absolute Gasteiger partial charge is 0.187 e. The number of ether oxygens (including phenoxy) is 2. The van der Waals surface area contributed by atoms with Crippen LogP contribution in [0.3, 0.4) is 0 Å². The zero-order valence-corrected chi connectivity index (χ0v) is 11.4. The number of hydrogen-bond acceptors (Lipinski definition) is 5. The SMILES string of the molecule is OC[C@@H]1O[C@H](OCc2ccc3ccccc3c2)[C@H](O)[C@H]1O. The van der Waals surface area contributed by atoms with Gasteiger partial charge in [-0.05, 0) is 22.4 Å². The second kappa shape index (κ2) is 6.09. The van der Waals surface area contributed by atoms with E-state index in [-0.39, 0.29) is 13.2 Å². The summed E-state index contributed by atoms with van der Waals surface area (Å²) in [7, 11) is 0. The van der Waals surface area contributed by atoms with Crippen LogP contribution in [0, 0.1) is 0 Å². The molecule has 1 aliphatic heterocycles. The highest BCUT2D eigenvalue weighted by Crippen LogP contribution is 2.23. The van der Waals surface area contributed by atoms with E-state index in [1.807, 2.05) is 42.5 Å². The van der Waals surface area contributed by atoms with E-state index >= 15 is 0 Å². The molecule has 5 nitrogen and oxygen atoms in total. The van der Waals surface area contributed by atoms with Crippen LogP contribution in [0.5, 0.6) is 0 Å². The number of hydrogen-bond donors (Lipinski definition) is 3. The van der Waals surface area contributed by atoms with Crippen molar-refractivity contribution in [3.63, 3.8) is 0 Å². The third-order valence-electron chi connectivity index (χ3n) is 3.73. The van der Waals surface area contributed by atoms with Gasteiger partial charge in [-0.3, -0.25) is 0 Å². The Labute approximate surface area is 122 Å². The zero-order chi connectivity index (χ0) is 14.8. The standard InChI is InChI=1S/C16H18O5/c17-8-13-14(18)15(19)16(21-13)20-9-10-5-6-11-3-1-2-4-12(11)7-10/h1-7,13-19H,8-9H2/t13-,14-,15+,16-/m0/s1. The Hall–Kier alpha value is -1.50. The van der Waals surface area contributed by atoms with Gasteiger partial charge in [-0.25, -0.2) is 0 Å². The summed E-state index contributed by atoms with van der Waals surface area (Å²) >= 11 is 0. The van der Waals surface area contributed by atoms with Crippen LogP contribution in [-0.4, -0.2) is 46.5 Å². The first-order valence-electron chi connectivity index (χ1n) is 6.91. The van der Waals surface area contributed by atoms with Crippen LogP contribution in [0.25, 0.3) is 10.8 Å². The molecular weight excluding hydrogens is 272 g/mol. The van der Waals surface area contributed by atoms with E-state index in [2.05, 4.69) is 0 Å². The number of aliphatic hydroxyl groups is 3. The highest BCUT2D eigenvalue weighted by atomic mass is 16.7. The maximum Gasteiger partial charge on any atom is 0.187 e. The summed E-state index contributed by atoms with van der Waals surface area (Å²) in [6.07, 6.45) is -4.01. The first-order valence-corrected chi connectivity index (χ1v) is 6.91. The van der Waals surface area contributed by atoms with Crippen molar-refractivity contribution in [2.45, 2.75) is 31.2 Å². The molecule has 1 saturated heterocycles. The molecule has 2 aromatic rings. The molecule has 21 heavy (non-hydrogen) atoms. The molecule has 4 atom stereocenters. The lowest BCUT2D eigenvalue weighted by Crippen LogP contribution is -2.34. The van der Waals surface area contributed by atoms with Gasteiger partial charge in [-0.15, -0.1) is 0 Å². The minimum Gasteiger partial charge on any atom is -0.394 e. The fourth-order valence-corrected chi connectivity index (χ4v) is 2.51. The van der Waals surface area contributed by atoms with Crippen LogP contribution in [-0.2, 0) is 16.1 Å². The average molecular weight is 290 g/mol. The molecule has 1 heterocycles. The lowest BCUT2D eigenvalue weighted by molar-refractivity contribution is -0.175. The third-order valence-corrected chi connectivity index (χ3v) is 3.73. The molecule has 0 aliphatic carbocycles. The van der Waals surface area contributed by atoms with Gasteiger partial charge < -0.3 is 24.8 Å². The normalized spacial score (nSPS) is 29.1. The molecular formula is C16H18O5. The predicted octanol–water partition coefficient (Wildman–Crippen LogP) is 0.795. The summed E-state index contributed by atoms with van der Waals surface area (Å²) in [6, 6.07) is 14.0. The minimum absolute atomic E-state index is 0.261. The lowest BCUT2D eigenvalue weighted by atomic mass is 10.1. The highest BCUT2D eigenvalue weighted by Gasteiger charge is 2.42. The summed E-state index contributed by atoms with van der Waals surface area (Å²) in [5, 5.41) is 30.7. The molecule has 0 unspecified atom stereocenters. The van der Waals surface area contributed by atoms with Crippen LogP contribution in [0.1, 0.15) is 5.56 Å². The molecule has 3 N–H and O–H groups in total. The van der Waals surface area contributed by atoms with Crippen molar-refractivity contribution in [3.8, 4) is 0 Å². The Morgan fingerprint density at radius 2 is 1.76 bits per heavy atom. The Balaban J connectivity index is 1.66. The van der Waals surface area contributed by atoms with Gasteiger partial charge in [0.05, 0.1) is 13.2 Å². The first-order chi connectivity index (χ1) is 10.2. The quantitative estimate of drug-likeness (QED) is 0.776. The molecule has 1 aliphatic rings.